The summed E-state index contributed by atoms with van der Waals surface area (Å²) in [5.74, 6) is -3.69. The number of amides is 1. The van der Waals surface area contributed by atoms with E-state index >= 15 is 0 Å². The van der Waals surface area contributed by atoms with Gasteiger partial charge in [-0.15, -0.1) is 0 Å². The smallest absolute Gasteiger partial charge is 0.463 e. The highest BCUT2D eigenvalue weighted by molar-refractivity contribution is 7.49. The van der Waals surface area contributed by atoms with Crippen LogP contribution in [-0.4, -0.2) is 91.9 Å². The van der Waals surface area contributed by atoms with Crippen LogP contribution in [-0.2, 0) is 66.2 Å². The third kappa shape index (κ3) is 11.6. The largest absolute Gasteiger partial charge is 0.590 e. The molecular weight excluding hydrogens is 737 g/mol. The average Bonchev–Trinajstić information content (AvgIpc) is 3.09. The van der Waals surface area contributed by atoms with E-state index in [0.717, 1.165) is 27.7 Å². The van der Waals surface area contributed by atoms with Crippen LogP contribution in [0.4, 0.5) is 4.79 Å². The second-order valence-electron chi connectivity index (χ2n) is 12.2. The quantitative estimate of drug-likeness (QED) is 0.153. The first-order valence-corrected chi connectivity index (χ1v) is 18.4. The van der Waals surface area contributed by atoms with Gasteiger partial charge in [-0.05, 0) is 30.7 Å². The van der Waals surface area contributed by atoms with E-state index in [1.54, 1.807) is 50.2 Å². The monoisotopic (exact) mass is 781 g/mol. The molecule has 0 aromatic heterocycles. The molecular formula is C35H44NO17P. The molecule has 18 nitrogen and oxygen atoms in total. The molecule has 2 aliphatic rings. The molecule has 54 heavy (non-hydrogen) atoms. The topological polar surface area (TPSA) is 230 Å². The van der Waals surface area contributed by atoms with Crippen LogP contribution in [0.2, 0.25) is 0 Å². The van der Waals surface area contributed by atoms with Crippen LogP contribution in [0, 0.1) is 5.92 Å². The lowest BCUT2D eigenvalue weighted by atomic mass is 9.89. The van der Waals surface area contributed by atoms with Gasteiger partial charge in [-0.2, -0.15) is 0 Å². The lowest BCUT2D eigenvalue weighted by molar-refractivity contribution is -0.354. The maximum atomic E-state index is 14.6. The summed E-state index contributed by atoms with van der Waals surface area (Å²) in [4.78, 5) is 61.3. The summed E-state index contributed by atoms with van der Waals surface area (Å²) in [6, 6.07) is 16.0. The zero-order chi connectivity index (χ0) is 39.6. The molecule has 0 radical (unpaired) electrons. The van der Waals surface area contributed by atoms with Crippen molar-refractivity contribution < 1.29 is 80.0 Å². The third-order valence-electron chi connectivity index (χ3n) is 8.05. The maximum Gasteiger partial charge on any atom is 0.590 e. The van der Waals surface area contributed by atoms with Crippen molar-refractivity contribution in [3.05, 3.63) is 60.7 Å². The Labute approximate surface area is 311 Å². The van der Waals surface area contributed by atoms with Gasteiger partial charge in [0, 0.05) is 33.6 Å². The molecule has 0 spiro atoms. The molecule has 0 aliphatic carbocycles. The van der Waals surface area contributed by atoms with Crippen LogP contribution in [0.5, 0.6) is 11.5 Å². The number of para-hydroxylation sites is 2. The summed E-state index contributed by atoms with van der Waals surface area (Å²) in [6.07, 6.45) is -14.5. The number of phosphoric acid groups is 1. The van der Waals surface area contributed by atoms with Gasteiger partial charge in [0.1, 0.15) is 36.4 Å². The van der Waals surface area contributed by atoms with Gasteiger partial charge in [0.25, 0.3) is 0 Å². The number of carbonyl (C=O) groups is 5. The Morgan fingerprint density at radius 3 is 1.63 bits per heavy atom. The highest BCUT2D eigenvalue weighted by Crippen LogP contribution is 2.53. The molecule has 19 heteroatoms. The first-order valence-electron chi connectivity index (χ1n) is 16.9. The fourth-order valence-corrected chi connectivity index (χ4v) is 7.21. The second-order valence-corrected chi connectivity index (χ2v) is 13.7. The SMILES string of the molecule is CC[C@@H]1O[C@H](OP(=O)(Oc2ccccc2)Oc2ccccc2)[C@@H](O[C@H]2O[C@H](COC(C)=O)[C@@H](OC(C)=O)[C@@H](OC(N)=O)[C@@H]2OC(C)=O)[C@@H](OC(C)=O)[C@@H]1C. The molecule has 0 unspecified atom stereocenters. The number of hydrogen-bond acceptors (Lipinski definition) is 17. The maximum absolute atomic E-state index is 14.6. The molecule has 2 aromatic rings. The van der Waals surface area contributed by atoms with Gasteiger partial charge in [-0.3, -0.25) is 19.2 Å². The summed E-state index contributed by atoms with van der Waals surface area (Å²) < 4.78 is 78.3. The number of esters is 4. The van der Waals surface area contributed by atoms with E-state index in [0.29, 0.717) is 6.42 Å². The number of carbonyl (C=O) groups excluding carboxylic acids is 5. The summed E-state index contributed by atoms with van der Waals surface area (Å²) >= 11 is 0. The van der Waals surface area contributed by atoms with E-state index in [1.165, 1.54) is 24.3 Å². The van der Waals surface area contributed by atoms with Crippen molar-refractivity contribution in [2.45, 2.75) is 103 Å². The third-order valence-corrected chi connectivity index (χ3v) is 9.39. The second kappa shape index (κ2) is 19.0. The minimum Gasteiger partial charge on any atom is -0.463 e. The van der Waals surface area contributed by atoms with Crippen molar-refractivity contribution in [2.75, 3.05) is 6.61 Å². The van der Waals surface area contributed by atoms with E-state index < -0.39 is 106 Å². The van der Waals surface area contributed by atoms with Gasteiger partial charge in [-0.1, -0.05) is 50.2 Å². The summed E-state index contributed by atoms with van der Waals surface area (Å²) in [5, 5.41) is 0. The van der Waals surface area contributed by atoms with Gasteiger partial charge in [0.05, 0.1) is 6.10 Å². The van der Waals surface area contributed by atoms with Crippen molar-refractivity contribution >= 4 is 37.8 Å². The minimum absolute atomic E-state index is 0.101. The molecule has 1 amide bonds. The Bertz CT molecular complexity index is 1600. The number of primary amides is 1. The van der Waals surface area contributed by atoms with E-state index in [4.69, 9.17) is 57.2 Å². The van der Waals surface area contributed by atoms with Crippen LogP contribution in [0.25, 0.3) is 0 Å². The standard InChI is InChI=1S/C35H44NO17P/c1-7-26-19(2)28(44-21(4)38)31(34(47-26)53-54(42,51-24-14-10-8-11-15-24)52-25-16-12-9-13-17-25)49-33-32(46-23(6)40)30(50-35(36)41)29(45-22(5)39)27(48-33)18-43-20(3)37/h8-17,19,26-34H,7,18H2,1-6H3,(H2,36,41)/t19-,26+,27-,28+,29-,30-,31+,32+,33-,34-/m1/s1. The molecule has 2 aromatic carbocycles. The van der Waals surface area contributed by atoms with Crippen LogP contribution >= 0.6 is 7.82 Å². The number of rotatable bonds is 15. The number of nitrogens with two attached hydrogens (primary N) is 1. The van der Waals surface area contributed by atoms with Gasteiger partial charge in [-0.25, -0.2) is 13.9 Å². The molecule has 0 saturated carbocycles. The van der Waals surface area contributed by atoms with E-state index in [2.05, 4.69) is 0 Å². The Kier molecular flexibility index (Phi) is 14.8. The van der Waals surface area contributed by atoms with E-state index in [1.807, 2.05) is 0 Å². The molecule has 296 valence electrons. The summed E-state index contributed by atoms with van der Waals surface area (Å²) in [5.41, 5.74) is 5.38. The normalized spacial score (nSPS) is 28.1. The van der Waals surface area contributed by atoms with E-state index in [9.17, 15) is 28.5 Å². The highest BCUT2D eigenvalue weighted by atomic mass is 31.2. The molecule has 2 aliphatic heterocycles. The first-order chi connectivity index (χ1) is 25.6. The fourth-order valence-electron chi connectivity index (χ4n) is 5.91. The number of phosphoric ester groups is 1. The first kappa shape index (κ1) is 42.0. The molecule has 2 heterocycles. The van der Waals surface area contributed by atoms with Gasteiger partial charge in [0.2, 0.25) is 6.29 Å². The summed E-state index contributed by atoms with van der Waals surface area (Å²) in [6.45, 7) is 7.29. The number of ether oxygens (including phenoxy) is 8. The van der Waals surface area contributed by atoms with Crippen molar-refractivity contribution in [3.63, 3.8) is 0 Å². The predicted octanol–water partition coefficient (Wildman–Crippen LogP) is 3.97. The number of hydrogen-bond donors (Lipinski definition) is 1. The molecule has 4 rings (SSSR count). The van der Waals surface area contributed by atoms with Gasteiger partial charge < -0.3 is 52.7 Å². The number of benzene rings is 2. The van der Waals surface area contributed by atoms with Gasteiger partial charge in [0.15, 0.2) is 24.6 Å². The van der Waals surface area contributed by atoms with Crippen molar-refractivity contribution in [2.24, 2.45) is 11.7 Å². The highest BCUT2D eigenvalue weighted by Gasteiger charge is 2.57. The van der Waals surface area contributed by atoms with Crippen LogP contribution in [0.3, 0.4) is 0 Å². The van der Waals surface area contributed by atoms with E-state index in [-0.39, 0.29) is 11.5 Å². The Morgan fingerprint density at radius 1 is 0.648 bits per heavy atom. The molecule has 0 bridgehead atoms. The molecule has 10 atom stereocenters. The Morgan fingerprint density at radius 2 is 1.15 bits per heavy atom. The lowest BCUT2D eigenvalue weighted by Crippen LogP contribution is -2.65. The van der Waals surface area contributed by atoms with Crippen molar-refractivity contribution in [3.8, 4) is 11.5 Å². The van der Waals surface area contributed by atoms with Crippen molar-refractivity contribution in [1.82, 2.24) is 0 Å². The molecule has 2 saturated heterocycles. The molecule has 2 fully saturated rings. The average molecular weight is 782 g/mol. The molecule has 2 N–H and O–H groups in total. The Hall–Kier alpha value is -4.74. The minimum atomic E-state index is -4.74. The predicted molar refractivity (Wildman–Crippen MR) is 182 cm³/mol. The van der Waals surface area contributed by atoms with Crippen LogP contribution < -0.4 is 14.8 Å². The Balaban J connectivity index is 1.83. The summed E-state index contributed by atoms with van der Waals surface area (Å²) in [7, 11) is -4.74. The fraction of sp³-hybridized carbons (Fsp3) is 0.514. The van der Waals surface area contributed by atoms with Crippen LogP contribution in [0.1, 0.15) is 48.0 Å². The van der Waals surface area contributed by atoms with Crippen LogP contribution in [0.15, 0.2) is 60.7 Å². The van der Waals surface area contributed by atoms with Crippen molar-refractivity contribution in [1.29, 1.82) is 0 Å². The zero-order valence-electron chi connectivity index (χ0n) is 30.4. The van der Waals surface area contributed by atoms with Gasteiger partial charge >= 0.3 is 37.8 Å². The zero-order valence-corrected chi connectivity index (χ0v) is 31.3. The lowest BCUT2D eigenvalue weighted by Gasteiger charge is -2.48.